The molecule has 0 aromatic carbocycles. The van der Waals surface area contributed by atoms with Gasteiger partial charge >= 0.3 is 5.97 Å². The molecule has 0 bridgehead atoms. The molecule has 0 heterocycles. The number of esters is 1. The highest BCUT2D eigenvalue weighted by molar-refractivity contribution is 5.69. The van der Waals surface area contributed by atoms with Gasteiger partial charge in [-0.05, 0) is 12.3 Å². The molecule has 3 heteroatoms. The van der Waals surface area contributed by atoms with Crippen molar-refractivity contribution in [3.8, 4) is 0 Å². The summed E-state index contributed by atoms with van der Waals surface area (Å²) in [6.45, 7) is 5.34. The third-order valence-electron chi connectivity index (χ3n) is 2.53. The van der Waals surface area contributed by atoms with Crippen molar-refractivity contribution in [1.29, 1.82) is 0 Å². The Morgan fingerprint density at radius 3 is 2.60 bits per heavy atom. The summed E-state index contributed by atoms with van der Waals surface area (Å²) in [5, 5.41) is 0. The Hall–Kier alpha value is -0.570. The summed E-state index contributed by atoms with van der Waals surface area (Å²) in [5.41, 5.74) is 0. The first-order valence-electron chi connectivity index (χ1n) is 5.89. The normalized spacial score (nSPS) is 12.5. The van der Waals surface area contributed by atoms with E-state index in [9.17, 15) is 4.79 Å². The molecule has 0 rings (SSSR count). The van der Waals surface area contributed by atoms with Crippen molar-refractivity contribution in [2.45, 2.75) is 46.0 Å². The average molecular weight is 216 g/mol. The number of hydrogen-bond acceptors (Lipinski definition) is 3. The van der Waals surface area contributed by atoms with E-state index in [1.165, 1.54) is 12.8 Å². The molecule has 0 amide bonds. The van der Waals surface area contributed by atoms with Crippen LogP contribution in [0.5, 0.6) is 0 Å². The first-order valence-corrected chi connectivity index (χ1v) is 5.89. The van der Waals surface area contributed by atoms with Crippen LogP contribution in [0, 0.1) is 5.92 Å². The van der Waals surface area contributed by atoms with E-state index in [2.05, 4.69) is 13.8 Å². The highest BCUT2D eigenvalue weighted by Gasteiger charge is 2.09. The van der Waals surface area contributed by atoms with Crippen LogP contribution < -0.4 is 0 Å². The molecule has 0 aromatic heterocycles. The summed E-state index contributed by atoms with van der Waals surface area (Å²) >= 11 is 0. The lowest BCUT2D eigenvalue weighted by atomic mass is 10.0. The van der Waals surface area contributed by atoms with Gasteiger partial charge in [0, 0.05) is 7.11 Å². The molecular formula is C12H24O3. The molecule has 0 N–H and O–H groups in total. The van der Waals surface area contributed by atoms with Crippen molar-refractivity contribution in [2.75, 3.05) is 20.3 Å². The first kappa shape index (κ1) is 14.4. The molecule has 15 heavy (non-hydrogen) atoms. The fourth-order valence-corrected chi connectivity index (χ4v) is 1.37. The van der Waals surface area contributed by atoms with Gasteiger partial charge in [-0.2, -0.15) is 0 Å². The molecule has 0 saturated carbocycles. The van der Waals surface area contributed by atoms with Gasteiger partial charge in [-0.25, -0.2) is 0 Å². The number of hydrogen-bond donors (Lipinski definition) is 0. The predicted molar refractivity (Wildman–Crippen MR) is 60.8 cm³/mol. The Kier molecular flexibility index (Phi) is 9.59. The highest BCUT2D eigenvalue weighted by Crippen LogP contribution is 2.12. The number of ether oxygens (including phenoxy) is 2. The van der Waals surface area contributed by atoms with Crippen molar-refractivity contribution < 1.29 is 14.3 Å². The Bertz CT molecular complexity index is 157. The highest BCUT2D eigenvalue weighted by atomic mass is 16.5. The van der Waals surface area contributed by atoms with Crippen molar-refractivity contribution in [1.82, 2.24) is 0 Å². The van der Waals surface area contributed by atoms with Crippen molar-refractivity contribution >= 4 is 5.97 Å². The van der Waals surface area contributed by atoms with Gasteiger partial charge in [0.05, 0.1) is 19.6 Å². The molecule has 0 spiro atoms. The number of carbonyl (C=O) groups excluding carboxylic acids is 1. The van der Waals surface area contributed by atoms with E-state index in [1.54, 1.807) is 7.11 Å². The van der Waals surface area contributed by atoms with Gasteiger partial charge in [0.1, 0.15) is 0 Å². The van der Waals surface area contributed by atoms with Crippen LogP contribution in [0.4, 0.5) is 0 Å². The Labute approximate surface area is 93.1 Å². The topological polar surface area (TPSA) is 35.5 Å². The van der Waals surface area contributed by atoms with Crippen LogP contribution in [0.15, 0.2) is 0 Å². The fraction of sp³-hybridized carbons (Fsp3) is 0.917. The number of unbranched alkanes of at least 4 members (excludes halogenated alkanes) is 1. The van der Waals surface area contributed by atoms with Gasteiger partial charge < -0.3 is 9.47 Å². The van der Waals surface area contributed by atoms with Gasteiger partial charge in [0.15, 0.2) is 0 Å². The lowest BCUT2D eigenvalue weighted by molar-refractivity contribution is -0.146. The van der Waals surface area contributed by atoms with Crippen LogP contribution in [0.3, 0.4) is 0 Å². The summed E-state index contributed by atoms with van der Waals surface area (Å²) in [4.78, 5) is 11.2. The van der Waals surface area contributed by atoms with Crippen LogP contribution in [-0.4, -0.2) is 26.3 Å². The minimum atomic E-state index is -0.146. The third kappa shape index (κ3) is 8.43. The molecule has 3 nitrogen and oxygen atoms in total. The standard InChI is InChI=1S/C12H24O3/c1-4-6-7-11(5-2)10-15-12(13)8-9-14-3/h11H,4-10H2,1-3H3. The molecule has 0 radical (unpaired) electrons. The maximum absolute atomic E-state index is 11.2. The van der Waals surface area contributed by atoms with Gasteiger partial charge in [-0.3, -0.25) is 4.79 Å². The summed E-state index contributed by atoms with van der Waals surface area (Å²) in [7, 11) is 1.59. The Balaban J connectivity index is 3.55. The first-order chi connectivity index (χ1) is 7.24. The molecule has 0 aliphatic carbocycles. The zero-order valence-electron chi connectivity index (χ0n) is 10.3. The zero-order valence-corrected chi connectivity index (χ0v) is 10.3. The summed E-state index contributed by atoms with van der Waals surface area (Å²) < 4.78 is 9.98. The number of carbonyl (C=O) groups is 1. The van der Waals surface area contributed by atoms with E-state index in [4.69, 9.17) is 9.47 Å². The van der Waals surface area contributed by atoms with E-state index in [-0.39, 0.29) is 5.97 Å². The van der Waals surface area contributed by atoms with Gasteiger partial charge in [0.2, 0.25) is 0 Å². The van der Waals surface area contributed by atoms with Crippen LogP contribution in [0.2, 0.25) is 0 Å². The second kappa shape index (κ2) is 9.97. The zero-order chi connectivity index (χ0) is 11.5. The molecule has 0 aliphatic heterocycles. The Morgan fingerprint density at radius 2 is 2.07 bits per heavy atom. The van der Waals surface area contributed by atoms with E-state index < -0.39 is 0 Å². The van der Waals surface area contributed by atoms with E-state index >= 15 is 0 Å². The largest absolute Gasteiger partial charge is 0.465 e. The van der Waals surface area contributed by atoms with Crippen molar-refractivity contribution in [3.05, 3.63) is 0 Å². The molecule has 1 atom stereocenters. The lowest BCUT2D eigenvalue weighted by Gasteiger charge is -2.14. The number of rotatable bonds is 9. The van der Waals surface area contributed by atoms with Crippen LogP contribution in [0.1, 0.15) is 46.0 Å². The minimum absolute atomic E-state index is 0.146. The fourth-order valence-electron chi connectivity index (χ4n) is 1.37. The van der Waals surface area contributed by atoms with Gasteiger partial charge in [0.25, 0.3) is 0 Å². The second-order valence-corrected chi connectivity index (χ2v) is 3.84. The molecule has 0 aliphatic rings. The van der Waals surface area contributed by atoms with Crippen LogP contribution >= 0.6 is 0 Å². The van der Waals surface area contributed by atoms with Crippen LogP contribution in [-0.2, 0) is 14.3 Å². The van der Waals surface area contributed by atoms with Crippen molar-refractivity contribution in [3.63, 3.8) is 0 Å². The third-order valence-corrected chi connectivity index (χ3v) is 2.53. The molecule has 1 unspecified atom stereocenters. The maximum Gasteiger partial charge on any atom is 0.308 e. The maximum atomic E-state index is 11.2. The van der Waals surface area contributed by atoms with Gasteiger partial charge in [-0.15, -0.1) is 0 Å². The summed E-state index contributed by atoms with van der Waals surface area (Å²) in [5.74, 6) is 0.378. The average Bonchev–Trinajstić information content (AvgIpc) is 2.26. The SMILES string of the molecule is CCCCC(CC)COC(=O)CCOC. The summed E-state index contributed by atoms with van der Waals surface area (Å²) in [6.07, 6.45) is 5.02. The van der Waals surface area contributed by atoms with Crippen molar-refractivity contribution in [2.24, 2.45) is 5.92 Å². The molecule has 0 aromatic rings. The number of methoxy groups -OCH3 is 1. The van der Waals surface area contributed by atoms with E-state index in [1.807, 2.05) is 0 Å². The predicted octanol–water partition coefficient (Wildman–Crippen LogP) is 2.78. The molecule has 90 valence electrons. The Morgan fingerprint density at radius 1 is 1.33 bits per heavy atom. The monoisotopic (exact) mass is 216 g/mol. The van der Waals surface area contributed by atoms with Crippen LogP contribution in [0.25, 0.3) is 0 Å². The minimum Gasteiger partial charge on any atom is -0.465 e. The second-order valence-electron chi connectivity index (χ2n) is 3.84. The quantitative estimate of drug-likeness (QED) is 0.556. The molecule has 0 saturated heterocycles. The van der Waals surface area contributed by atoms with E-state index in [0.29, 0.717) is 25.6 Å². The lowest BCUT2D eigenvalue weighted by Crippen LogP contribution is -2.14. The molecule has 0 fully saturated rings. The summed E-state index contributed by atoms with van der Waals surface area (Å²) in [6, 6.07) is 0. The van der Waals surface area contributed by atoms with Gasteiger partial charge in [-0.1, -0.05) is 33.1 Å². The smallest absolute Gasteiger partial charge is 0.308 e. The molecular weight excluding hydrogens is 192 g/mol. The van der Waals surface area contributed by atoms with E-state index in [0.717, 1.165) is 12.8 Å².